The second-order valence-electron chi connectivity index (χ2n) is 4.93. The fraction of sp³-hybridized carbons (Fsp3) is 0.909. The maximum atomic E-state index is 13.2. The van der Waals surface area contributed by atoms with E-state index >= 15 is 0 Å². The van der Waals surface area contributed by atoms with E-state index in [0.29, 0.717) is 32.5 Å². The molecule has 0 bridgehead atoms. The highest BCUT2D eigenvalue weighted by Gasteiger charge is 2.40. The monoisotopic (exact) mass is 232 g/mol. The number of rotatable bonds is 2. The lowest BCUT2D eigenvalue weighted by Crippen LogP contribution is -2.55. The zero-order valence-corrected chi connectivity index (χ0v) is 9.51. The minimum absolute atomic E-state index is 0.0178. The number of amides is 1. The summed E-state index contributed by atoms with van der Waals surface area (Å²) in [5.41, 5.74) is 0. The maximum absolute atomic E-state index is 13.2. The molecule has 2 saturated heterocycles. The van der Waals surface area contributed by atoms with Gasteiger partial charge >= 0.3 is 0 Å². The number of likely N-dealkylation sites (tertiary alicyclic amines) is 1. The Labute approximate surface area is 94.2 Å². The molecule has 0 aliphatic carbocycles. The summed E-state index contributed by atoms with van der Waals surface area (Å²) < 4.78 is 26.4. The first-order valence-electron chi connectivity index (χ1n) is 5.86. The Morgan fingerprint density at radius 3 is 2.62 bits per heavy atom. The van der Waals surface area contributed by atoms with Crippen LogP contribution in [-0.2, 0) is 4.79 Å². The van der Waals surface area contributed by atoms with Gasteiger partial charge in [0.25, 0.3) is 0 Å². The molecule has 0 aromatic rings. The number of hydrogen-bond donors (Lipinski definition) is 1. The van der Waals surface area contributed by atoms with E-state index in [1.165, 1.54) is 0 Å². The van der Waals surface area contributed by atoms with Crippen molar-refractivity contribution >= 4 is 5.91 Å². The molecule has 16 heavy (non-hydrogen) atoms. The Hall–Kier alpha value is -0.710. The van der Waals surface area contributed by atoms with Crippen LogP contribution in [0.4, 0.5) is 8.78 Å². The summed E-state index contributed by atoms with van der Waals surface area (Å²) in [6.45, 7) is 3.21. The Bertz CT molecular complexity index is 274. The molecule has 2 aliphatic rings. The number of nitrogens with one attached hydrogen (secondary N) is 1. The van der Waals surface area contributed by atoms with Crippen LogP contribution in [0, 0.1) is 11.8 Å². The number of carbonyl (C=O) groups is 1. The fourth-order valence-corrected chi connectivity index (χ4v) is 2.31. The van der Waals surface area contributed by atoms with Crippen LogP contribution < -0.4 is 5.32 Å². The van der Waals surface area contributed by atoms with Gasteiger partial charge in [-0.25, -0.2) is 8.78 Å². The van der Waals surface area contributed by atoms with Gasteiger partial charge in [0.05, 0.1) is 5.92 Å². The molecule has 1 N–H and O–H groups in total. The molecule has 0 aromatic heterocycles. The average Bonchev–Trinajstić information content (AvgIpc) is 2.14. The lowest BCUT2D eigenvalue weighted by molar-refractivity contribution is -0.142. The highest BCUT2D eigenvalue weighted by Crippen LogP contribution is 2.32. The summed E-state index contributed by atoms with van der Waals surface area (Å²) in [4.78, 5) is 13.5. The van der Waals surface area contributed by atoms with E-state index < -0.39 is 11.8 Å². The van der Waals surface area contributed by atoms with Crippen LogP contribution in [-0.4, -0.2) is 42.9 Å². The van der Waals surface area contributed by atoms with Crippen molar-refractivity contribution in [3.8, 4) is 0 Å². The maximum Gasteiger partial charge on any atom is 0.249 e. The van der Waals surface area contributed by atoms with Crippen LogP contribution in [0.25, 0.3) is 0 Å². The number of piperidine rings is 1. The molecule has 0 radical (unpaired) electrons. The Balaban J connectivity index is 1.93. The van der Waals surface area contributed by atoms with E-state index in [1.807, 2.05) is 0 Å². The van der Waals surface area contributed by atoms with E-state index in [0.717, 1.165) is 6.92 Å². The molecular formula is C11H18F2N2O. The summed E-state index contributed by atoms with van der Waals surface area (Å²) in [6.07, 6.45) is 1.22. The number of halogens is 2. The standard InChI is InChI=1S/C11H18F2N2O/c1-11(12,13)9-3-2-4-15(7-9)10(16)8-5-14-6-8/h8-9,14H,2-7H2,1H3/t9-/m0/s1. The van der Waals surface area contributed by atoms with Crippen molar-refractivity contribution in [2.45, 2.75) is 25.7 Å². The molecule has 2 rings (SSSR count). The number of hydrogen-bond acceptors (Lipinski definition) is 2. The quantitative estimate of drug-likeness (QED) is 0.773. The van der Waals surface area contributed by atoms with Crippen LogP contribution in [0.5, 0.6) is 0 Å². The predicted octanol–water partition coefficient (Wildman–Crippen LogP) is 1.10. The molecule has 0 unspecified atom stereocenters. The van der Waals surface area contributed by atoms with Crippen molar-refractivity contribution in [2.75, 3.05) is 26.2 Å². The number of alkyl halides is 2. The highest BCUT2D eigenvalue weighted by atomic mass is 19.3. The van der Waals surface area contributed by atoms with Gasteiger partial charge in [0.2, 0.25) is 11.8 Å². The van der Waals surface area contributed by atoms with E-state index in [4.69, 9.17) is 0 Å². The van der Waals surface area contributed by atoms with Crippen molar-refractivity contribution in [3.63, 3.8) is 0 Å². The molecule has 2 heterocycles. The molecule has 92 valence electrons. The second-order valence-corrected chi connectivity index (χ2v) is 4.93. The summed E-state index contributed by atoms with van der Waals surface area (Å²) in [5.74, 6) is -3.27. The van der Waals surface area contributed by atoms with E-state index in [1.54, 1.807) is 4.90 Å². The molecule has 0 saturated carbocycles. The summed E-state index contributed by atoms with van der Waals surface area (Å²) >= 11 is 0. The van der Waals surface area contributed by atoms with Gasteiger partial charge in [-0.3, -0.25) is 4.79 Å². The molecule has 1 atom stereocenters. The van der Waals surface area contributed by atoms with Gasteiger partial charge in [-0.15, -0.1) is 0 Å². The van der Waals surface area contributed by atoms with Crippen molar-refractivity contribution in [3.05, 3.63) is 0 Å². The summed E-state index contributed by atoms with van der Waals surface area (Å²) in [5, 5.41) is 3.03. The minimum atomic E-state index is -2.67. The Kier molecular flexibility index (Phi) is 3.15. The Morgan fingerprint density at radius 2 is 2.12 bits per heavy atom. The molecule has 3 nitrogen and oxygen atoms in total. The van der Waals surface area contributed by atoms with Crippen molar-refractivity contribution < 1.29 is 13.6 Å². The second kappa shape index (κ2) is 4.28. The molecule has 2 aliphatic heterocycles. The van der Waals surface area contributed by atoms with Crippen molar-refractivity contribution in [2.24, 2.45) is 11.8 Å². The van der Waals surface area contributed by atoms with Crippen LogP contribution in [0.2, 0.25) is 0 Å². The minimum Gasteiger partial charge on any atom is -0.342 e. The van der Waals surface area contributed by atoms with Gasteiger partial charge in [-0.1, -0.05) is 0 Å². The smallest absolute Gasteiger partial charge is 0.249 e. The molecule has 1 amide bonds. The van der Waals surface area contributed by atoms with E-state index in [2.05, 4.69) is 5.32 Å². The first-order chi connectivity index (χ1) is 7.48. The third-order valence-electron chi connectivity index (χ3n) is 3.58. The van der Waals surface area contributed by atoms with Gasteiger partial charge in [0.15, 0.2) is 0 Å². The van der Waals surface area contributed by atoms with Crippen LogP contribution in [0.15, 0.2) is 0 Å². The first kappa shape index (κ1) is 11.8. The Morgan fingerprint density at radius 1 is 1.44 bits per heavy atom. The van der Waals surface area contributed by atoms with Gasteiger partial charge in [0.1, 0.15) is 0 Å². The molecule has 0 aromatic carbocycles. The summed E-state index contributed by atoms with van der Waals surface area (Å²) in [7, 11) is 0. The fourth-order valence-electron chi connectivity index (χ4n) is 2.31. The topological polar surface area (TPSA) is 32.3 Å². The number of carbonyl (C=O) groups excluding carboxylic acids is 1. The lowest BCUT2D eigenvalue weighted by Gasteiger charge is -2.39. The van der Waals surface area contributed by atoms with E-state index in [9.17, 15) is 13.6 Å². The molecule has 0 spiro atoms. The molecule has 5 heteroatoms. The first-order valence-corrected chi connectivity index (χ1v) is 5.86. The number of nitrogens with zero attached hydrogens (tertiary/aromatic N) is 1. The van der Waals surface area contributed by atoms with Crippen LogP contribution >= 0.6 is 0 Å². The zero-order chi connectivity index (χ0) is 11.8. The molecular weight excluding hydrogens is 214 g/mol. The third-order valence-corrected chi connectivity index (χ3v) is 3.58. The lowest BCUT2D eigenvalue weighted by atomic mass is 9.91. The average molecular weight is 232 g/mol. The van der Waals surface area contributed by atoms with Gasteiger partial charge in [-0.05, 0) is 19.8 Å². The van der Waals surface area contributed by atoms with E-state index in [-0.39, 0.29) is 18.4 Å². The third kappa shape index (κ3) is 2.34. The van der Waals surface area contributed by atoms with Crippen LogP contribution in [0.3, 0.4) is 0 Å². The van der Waals surface area contributed by atoms with Crippen LogP contribution in [0.1, 0.15) is 19.8 Å². The predicted molar refractivity (Wildman–Crippen MR) is 56.3 cm³/mol. The SMILES string of the molecule is CC(F)(F)[C@H]1CCCN(C(=O)C2CNC2)C1. The summed E-state index contributed by atoms with van der Waals surface area (Å²) in [6, 6.07) is 0. The van der Waals surface area contributed by atoms with Gasteiger partial charge < -0.3 is 10.2 Å². The van der Waals surface area contributed by atoms with Crippen molar-refractivity contribution in [1.82, 2.24) is 10.2 Å². The molecule has 2 fully saturated rings. The van der Waals surface area contributed by atoms with Gasteiger partial charge in [-0.2, -0.15) is 0 Å². The normalized spacial score (nSPS) is 27.7. The largest absolute Gasteiger partial charge is 0.342 e. The highest BCUT2D eigenvalue weighted by molar-refractivity contribution is 5.80. The van der Waals surface area contributed by atoms with Gasteiger partial charge in [0, 0.05) is 32.1 Å². The van der Waals surface area contributed by atoms with Crippen molar-refractivity contribution in [1.29, 1.82) is 0 Å². The zero-order valence-electron chi connectivity index (χ0n) is 9.51.